The number of aromatic nitrogens is 1. The highest BCUT2D eigenvalue weighted by Crippen LogP contribution is 2.28. The molecule has 0 fully saturated rings. The van der Waals surface area contributed by atoms with Crippen molar-refractivity contribution in [3.05, 3.63) is 42.2 Å². The smallest absolute Gasteiger partial charge is 0.0346 e. The Labute approximate surface area is 116 Å². The molecule has 0 saturated carbocycles. The molecule has 0 aliphatic heterocycles. The van der Waals surface area contributed by atoms with E-state index >= 15 is 0 Å². The molecule has 2 rings (SSSR count). The number of nitrogens with one attached hydrogen (secondary N) is 1. The molecule has 2 aromatic rings. The standard InChI is InChI=1S/C17H24N2/c1-4-13(3)11-17(19-5-2)16-8-6-7-14-12-18-10-9-15(14)16/h6-10,12-13,17,19H,4-5,11H2,1-3H3. The first kappa shape index (κ1) is 14.0. The molecular formula is C17H24N2. The van der Waals surface area contributed by atoms with E-state index in [1.54, 1.807) is 0 Å². The number of fused-ring (bicyclic) bond motifs is 1. The summed E-state index contributed by atoms with van der Waals surface area (Å²) in [5.74, 6) is 0.737. The van der Waals surface area contributed by atoms with Crippen molar-refractivity contribution in [3.63, 3.8) is 0 Å². The fourth-order valence-corrected chi connectivity index (χ4v) is 2.59. The molecule has 1 aromatic heterocycles. The molecule has 19 heavy (non-hydrogen) atoms. The average Bonchev–Trinajstić information content (AvgIpc) is 2.46. The van der Waals surface area contributed by atoms with Crippen LogP contribution in [0.2, 0.25) is 0 Å². The molecule has 2 nitrogen and oxygen atoms in total. The summed E-state index contributed by atoms with van der Waals surface area (Å²) in [5.41, 5.74) is 1.40. The molecule has 0 radical (unpaired) electrons. The van der Waals surface area contributed by atoms with E-state index in [9.17, 15) is 0 Å². The molecule has 2 atom stereocenters. The second-order valence-electron chi connectivity index (χ2n) is 5.30. The predicted molar refractivity (Wildman–Crippen MR) is 82.2 cm³/mol. The molecule has 0 spiro atoms. The van der Waals surface area contributed by atoms with Crippen molar-refractivity contribution in [2.24, 2.45) is 5.92 Å². The van der Waals surface area contributed by atoms with Crippen LogP contribution >= 0.6 is 0 Å². The van der Waals surface area contributed by atoms with Crippen molar-refractivity contribution < 1.29 is 0 Å². The maximum atomic E-state index is 4.22. The number of pyridine rings is 1. The summed E-state index contributed by atoms with van der Waals surface area (Å²) in [6.45, 7) is 7.77. The fraction of sp³-hybridized carbons (Fsp3) is 0.471. The lowest BCUT2D eigenvalue weighted by Crippen LogP contribution is -2.23. The Morgan fingerprint density at radius 1 is 1.21 bits per heavy atom. The third-order valence-corrected chi connectivity index (χ3v) is 3.88. The van der Waals surface area contributed by atoms with Crippen LogP contribution in [0.1, 0.15) is 45.2 Å². The molecule has 2 heteroatoms. The van der Waals surface area contributed by atoms with Crippen LogP contribution in [-0.4, -0.2) is 11.5 Å². The van der Waals surface area contributed by atoms with Gasteiger partial charge in [-0.05, 0) is 35.9 Å². The maximum Gasteiger partial charge on any atom is 0.0346 e. The van der Waals surface area contributed by atoms with Crippen molar-refractivity contribution in [1.29, 1.82) is 0 Å². The highest BCUT2D eigenvalue weighted by atomic mass is 14.9. The number of nitrogens with zero attached hydrogens (tertiary/aromatic N) is 1. The Morgan fingerprint density at radius 2 is 2.05 bits per heavy atom. The zero-order valence-corrected chi connectivity index (χ0v) is 12.2. The molecule has 0 bridgehead atoms. The number of hydrogen-bond acceptors (Lipinski definition) is 2. The Balaban J connectivity index is 2.38. The number of hydrogen-bond donors (Lipinski definition) is 1. The highest BCUT2D eigenvalue weighted by Gasteiger charge is 2.15. The fourth-order valence-electron chi connectivity index (χ4n) is 2.59. The molecule has 0 aliphatic carbocycles. The van der Waals surface area contributed by atoms with Crippen LogP contribution in [0.15, 0.2) is 36.7 Å². The molecule has 0 saturated heterocycles. The normalized spacial score (nSPS) is 14.5. The van der Waals surface area contributed by atoms with Crippen LogP contribution < -0.4 is 5.32 Å². The van der Waals surface area contributed by atoms with Gasteiger partial charge in [0.15, 0.2) is 0 Å². The SMILES string of the molecule is CCNC(CC(C)CC)c1cccc2cnccc12. The van der Waals surface area contributed by atoms with Gasteiger partial charge in [-0.15, -0.1) is 0 Å². The van der Waals surface area contributed by atoms with Crippen molar-refractivity contribution in [2.75, 3.05) is 6.54 Å². The van der Waals surface area contributed by atoms with E-state index in [-0.39, 0.29) is 0 Å². The van der Waals surface area contributed by atoms with Crippen LogP contribution in [0.4, 0.5) is 0 Å². The molecule has 1 N–H and O–H groups in total. The van der Waals surface area contributed by atoms with Crippen LogP contribution in [0.3, 0.4) is 0 Å². The van der Waals surface area contributed by atoms with E-state index in [1.165, 1.54) is 29.2 Å². The van der Waals surface area contributed by atoms with E-state index in [4.69, 9.17) is 0 Å². The second-order valence-corrected chi connectivity index (χ2v) is 5.30. The monoisotopic (exact) mass is 256 g/mol. The first-order chi connectivity index (χ1) is 9.26. The van der Waals surface area contributed by atoms with Crippen LogP contribution in [-0.2, 0) is 0 Å². The lowest BCUT2D eigenvalue weighted by Gasteiger charge is -2.23. The van der Waals surface area contributed by atoms with Gasteiger partial charge >= 0.3 is 0 Å². The van der Waals surface area contributed by atoms with Gasteiger partial charge in [-0.1, -0.05) is 45.4 Å². The minimum atomic E-state index is 0.436. The quantitative estimate of drug-likeness (QED) is 0.832. The summed E-state index contributed by atoms with van der Waals surface area (Å²) in [5, 5.41) is 6.19. The summed E-state index contributed by atoms with van der Waals surface area (Å²) >= 11 is 0. The van der Waals surface area contributed by atoms with E-state index in [1.807, 2.05) is 12.4 Å². The topological polar surface area (TPSA) is 24.9 Å². The largest absolute Gasteiger partial charge is 0.310 e. The third kappa shape index (κ3) is 3.32. The first-order valence-corrected chi connectivity index (χ1v) is 7.32. The Hall–Kier alpha value is -1.41. The Morgan fingerprint density at radius 3 is 2.79 bits per heavy atom. The number of benzene rings is 1. The number of rotatable bonds is 6. The van der Waals surface area contributed by atoms with Crippen molar-refractivity contribution >= 4 is 10.8 Å². The summed E-state index contributed by atoms with van der Waals surface area (Å²) in [4.78, 5) is 4.22. The van der Waals surface area contributed by atoms with E-state index in [0.717, 1.165) is 12.5 Å². The Kier molecular flexibility index (Phi) is 4.92. The molecule has 0 amide bonds. The summed E-state index contributed by atoms with van der Waals surface area (Å²) in [6, 6.07) is 9.09. The van der Waals surface area contributed by atoms with E-state index in [2.05, 4.69) is 55.3 Å². The molecule has 0 aliphatic rings. The van der Waals surface area contributed by atoms with Gasteiger partial charge in [0.1, 0.15) is 0 Å². The average molecular weight is 256 g/mol. The van der Waals surface area contributed by atoms with Gasteiger partial charge in [-0.2, -0.15) is 0 Å². The lowest BCUT2D eigenvalue weighted by molar-refractivity contribution is 0.410. The second kappa shape index (κ2) is 6.67. The van der Waals surface area contributed by atoms with Gasteiger partial charge in [0.05, 0.1) is 0 Å². The van der Waals surface area contributed by atoms with E-state index in [0.29, 0.717) is 6.04 Å². The molecular weight excluding hydrogens is 232 g/mol. The maximum absolute atomic E-state index is 4.22. The highest BCUT2D eigenvalue weighted by molar-refractivity contribution is 5.85. The minimum absolute atomic E-state index is 0.436. The van der Waals surface area contributed by atoms with Gasteiger partial charge in [0.2, 0.25) is 0 Å². The van der Waals surface area contributed by atoms with Gasteiger partial charge in [-0.3, -0.25) is 4.98 Å². The lowest BCUT2D eigenvalue weighted by atomic mass is 9.91. The first-order valence-electron chi connectivity index (χ1n) is 7.32. The zero-order chi connectivity index (χ0) is 13.7. The third-order valence-electron chi connectivity index (χ3n) is 3.88. The summed E-state index contributed by atoms with van der Waals surface area (Å²) in [7, 11) is 0. The van der Waals surface area contributed by atoms with Gasteiger partial charge in [0.25, 0.3) is 0 Å². The Bertz CT molecular complexity index is 516. The summed E-state index contributed by atoms with van der Waals surface area (Å²) < 4.78 is 0. The van der Waals surface area contributed by atoms with Crippen molar-refractivity contribution in [2.45, 2.75) is 39.7 Å². The zero-order valence-electron chi connectivity index (χ0n) is 12.2. The van der Waals surface area contributed by atoms with Crippen LogP contribution in [0, 0.1) is 5.92 Å². The summed E-state index contributed by atoms with van der Waals surface area (Å²) in [6.07, 6.45) is 6.25. The molecule has 1 aromatic carbocycles. The van der Waals surface area contributed by atoms with Gasteiger partial charge in [-0.25, -0.2) is 0 Å². The molecule has 102 valence electrons. The van der Waals surface area contributed by atoms with Crippen LogP contribution in [0.25, 0.3) is 10.8 Å². The van der Waals surface area contributed by atoms with Gasteiger partial charge < -0.3 is 5.32 Å². The predicted octanol–water partition coefficient (Wildman–Crippen LogP) is 4.32. The van der Waals surface area contributed by atoms with Gasteiger partial charge in [0, 0.05) is 23.8 Å². The minimum Gasteiger partial charge on any atom is -0.310 e. The molecule has 1 heterocycles. The van der Waals surface area contributed by atoms with E-state index < -0.39 is 0 Å². The van der Waals surface area contributed by atoms with Crippen molar-refractivity contribution in [3.8, 4) is 0 Å². The molecule has 2 unspecified atom stereocenters. The van der Waals surface area contributed by atoms with Crippen molar-refractivity contribution in [1.82, 2.24) is 10.3 Å². The van der Waals surface area contributed by atoms with Crippen LogP contribution in [0.5, 0.6) is 0 Å².